The molecule has 0 bridgehead atoms. The zero-order chi connectivity index (χ0) is 12.3. The van der Waals surface area contributed by atoms with Gasteiger partial charge < -0.3 is 10.5 Å². The summed E-state index contributed by atoms with van der Waals surface area (Å²) in [6.07, 6.45) is -2.51. The highest BCUT2D eigenvalue weighted by Crippen LogP contribution is 2.27. The molecule has 0 saturated carbocycles. The molecule has 1 unspecified atom stereocenters. The van der Waals surface area contributed by atoms with Crippen molar-refractivity contribution in [2.75, 3.05) is 7.11 Å². The zero-order valence-corrected chi connectivity index (χ0v) is 9.89. The molecule has 0 aromatic heterocycles. The summed E-state index contributed by atoms with van der Waals surface area (Å²) in [7, 11) is 1.47. The zero-order valence-electron chi connectivity index (χ0n) is 9.14. The highest BCUT2D eigenvalue weighted by molar-refractivity contribution is 6.32. The van der Waals surface area contributed by atoms with Gasteiger partial charge in [-0.2, -0.15) is 0 Å². The van der Waals surface area contributed by atoms with E-state index in [0.717, 1.165) is 0 Å². The lowest BCUT2D eigenvalue weighted by Crippen LogP contribution is -2.45. The van der Waals surface area contributed by atoms with Crippen molar-refractivity contribution in [1.29, 1.82) is 0 Å². The van der Waals surface area contributed by atoms with Crippen LogP contribution in [0.1, 0.15) is 12.5 Å². The van der Waals surface area contributed by atoms with Crippen LogP contribution in [0.3, 0.4) is 0 Å². The molecule has 2 nitrogen and oxygen atoms in total. The van der Waals surface area contributed by atoms with Gasteiger partial charge in [0.15, 0.2) is 0 Å². The van der Waals surface area contributed by atoms with Crippen LogP contribution < -0.4 is 10.5 Å². The Labute approximate surface area is 98.3 Å². The standard InChI is InChI=1S/C11H14ClF2NO/c1-11(15,10(13)14)6-7-3-4-8(12)9(5-7)16-2/h3-5,10H,6,15H2,1-2H3. The lowest BCUT2D eigenvalue weighted by molar-refractivity contribution is 0.0639. The first kappa shape index (κ1) is 13.2. The van der Waals surface area contributed by atoms with Crippen LogP contribution in [0.2, 0.25) is 5.02 Å². The first-order chi connectivity index (χ1) is 7.36. The summed E-state index contributed by atoms with van der Waals surface area (Å²) in [6, 6.07) is 4.89. The van der Waals surface area contributed by atoms with Gasteiger partial charge in [-0.05, 0) is 31.0 Å². The summed E-state index contributed by atoms with van der Waals surface area (Å²) in [5.41, 5.74) is 4.63. The van der Waals surface area contributed by atoms with Gasteiger partial charge in [-0.1, -0.05) is 17.7 Å². The number of rotatable bonds is 4. The first-order valence-corrected chi connectivity index (χ1v) is 5.14. The van der Waals surface area contributed by atoms with Crippen molar-refractivity contribution < 1.29 is 13.5 Å². The maximum Gasteiger partial charge on any atom is 0.256 e. The van der Waals surface area contributed by atoms with E-state index in [2.05, 4.69) is 0 Å². The minimum atomic E-state index is -2.57. The minimum absolute atomic E-state index is 0.0677. The molecule has 5 heteroatoms. The van der Waals surface area contributed by atoms with Crippen LogP contribution in [0, 0.1) is 0 Å². The molecule has 0 amide bonds. The number of hydrogen-bond donors (Lipinski definition) is 1. The number of halogens is 3. The van der Waals surface area contributed by atoms with Crippen LogP contribution in [0.15, 0.2) is 18.2 Å². The third kappa shape index (κ3) is 3.06. The largest absolute Gasteiger partial charge is 0.495 e. The summed E-state index contributed by atoms with van der Waals surface area (Å²) in [6.45, 7) is 1.32. The highest BCUT2D eigenvalue weighted by atomic mass is 35.5. The lowest BCUT2D eigenvalue weighted by Gasteiger charge is -2.23. The summed E-state index contributed by atoms with van der Waals surface area (Å²) in [4.78, 5) is 0. The van der Waals surface area contributed by atoms with E-state index in [1.165, 1.54) is 14.0 Å². The van der Waals surface area contributed by atoms with Gasteiger partial charge in [0.2, 0.25) is 0 Å². The minimum Gasteiger partial charge on any atom is -0.495 e. The molecule has 0 spiro atoms. The van der Waals surface area contributed by atoms with Crippen LogP contribution in [-0.2, 0) is 6.42 Å². The van der Waals surface area contributed by atoms with E-state index in [-0.39, 0.29) is 6.42 Å². The van der Waals surface area contributed by atoms with Crippen molar-refractivity contribution in [3.8, 4) is 5.75 Å². The van der Waals surface area contributed by atoms with Crippen LogP contribution in [0.4, 0.5) is 8.78 Å². The second kappa shape index (κ2) is 4.97. The Bertz CT molecular complexity index is 369. The fraction of sp³-hybridized carbons (Fsp3) is 0.455. The van der Waals surface area contributed by atoms with E-state index in [4.69, 9.17) is 22.1 Å². The van der Waals surface area contributed by atoms with Crippen LogP contribution >= 0.6 is 11.6 Å². The second-order valence-corrected chi connectivity index (χ2v) is 4.36. The van der Waals surface area contributed by atoms with Crippen molar-refractivity contribution >= 4 is 11.6 Å². The molecule has 90 valence electrons. The van der Waals surface area contributed by atoms with E-state index in [1.54, 1.807) is 18.2 Å². The van der Waals surface area contributed by atoms with Crippen molar-refractivity contribution in [2.45, 2.75) is 25.3 Å². The number of methoxy groups -OCH3 is 1. The van der Waals surface area contributed by atoms with Gasteiger partial charge in [-0.3, -0.25) is 0 Å². The number of alkyl halides is 2. The number of hydrogen-bond acceptors (Lipinski definition) is 2. The number of nitrogens with two attached hydrogens (primary N) is 1. The van der Waals surface area contributed by atoms with Gasteiger partial charge in [-0.25, -0.2) is 8.78 Å². The number of benzene rings is 1. The van der Waals surface area contributed by atoms with E-state index < -0.39 is 12.0 Å². The predicted octanol–water partition coefficient (Wildman–Crippen LogP) is 2.87. The molecule has 0 aliphatic rings. The van der Waals surface area contributed by atoms with Gasteiger partial charge in [0, 0.05) is 0 Å². The predicted molar refractivity (Wildman–Crippen MR) is 60.3 cm³/mol. The molecule has 0 fully saturated rings. The summed E-state index contributed by atoms with van der Waals surface area (Å²) < 4.78 is 30.2. The molecular formula is C11H14ClF2NO. The van der Waals surface area contributed by atoms with Crippen molar-refractivity contribution in [1.82, 2.24) is 0 Å². The molecule has 0 aliphatic heterocycles. The summed E-state index contributed by atoms with van der Waals surface area (Å²) in [5.74, 6) is 0.462. The molecule has 0 aliphatic carbocycles. The monoisotopic (exact) mass is 249 g/mol. The maximum atomic E-state index is 12.6. The normalized spacial score (nSPS) is 14.9. The maximum absolute atomic E-state index is 12.6. The Morgan fingerprint density at radius 3 is 2.62 bits per heavy atom. The lowest BCUT2D eigenvalue weighted by atomic mass is 9.94. The highest BCUT2D eigenvalue weighted by Gasteiger charge is 2.30. The van der Waals surface area contributed by atoms with Crippen molar-refractivity contribution in [2.24, 2.45) is 5.73 Å². The van der Waals surface area contributed by atoms with Gasteiger partial charge >= 0.3 is 0 Å². The fourth-order valence-electron chi connectivity index (χ4n) is 1.33. The molecule has 1 aromatic carbocycles. The van der Waals surface area contributed by atoms with Crippen molar-refractivity contribution in [3.63, 3.8) is 0 Å². The van der Waals surface area contributed by atoms with Crippen molar-refractivity contribution in [3.05, 3.63) is 28.8 Å². The van der Waals surface area contributed by atoms with Crippen LogP contribution in [0.25, 0.3) is 0 Å². The van der Waals surface area contributed by atoms with Gasteiger partial charge in [-0.15, -0.1) is 0 Å². The van der Waals surface area contributed by atoms with E-state index >= 15 is 0 Å². The fourth-order valence-corrected chi connectivity index (χ4v) is 1.53. The average molecular weight is 250 g/mol. The van der Waals surface area contributed by atoms with Crippen LogP contribution in [0.5, 0.6) is 5.75 Å². The van der Waals surface area contributed by atoms with Gasteiger partial charge in [0.05, 0.1) is 17.7 Å². The molecule has 1 aromatic rings. The molecule has 16 heavy (non-hydrogen) atoms. The van der Waals surface area contributed by atoms with E-state index in [1.807, 2.05) is 0 Å². The Hall–Kier alpha value is -0.870. The molecule has 0 saturated heterocycles. The van der Waals surface area contributed by atoms with E-state index in [9.17, 15) is 8.78 Å². The quantitative estimate of drug-likeness (QED) is 0.891. The molecule has 0 radical (unpaired) electrons. The molecule has 1 atom stereocenters. The number of ether oxygens (including phenoxy) is 1. The molecule has 0 heterocycles. The Morgan fingerprint density at radius 2 is 2.12 bits per heavy atom. The molecule has 2 N–H and O–H groups in total. The van der Waals surface area contributed by atoms with Crippen LogP contribution in [-0.4, -0.2) is 19.1 Å². The van der Waals surface area contributed by atoms with E-state index in [0.29, 0.717) is 16.3 Å². The molecule has 1 rings (SSSR count). The average Bonchev–Trinajstić information content (AvgIpc) is 2.20. The third-order valence-electron chi connectivity index (χ3n) is 2.30. The Kier molecular flexibility index (Phi) is 4.10. The SMILES string of the molecule is COc1cc(CC(C)(N)C(F)F)ccc1Cl. The topological polar surface area (TPSA) is 35.2 Å². The Morgan fingerprint density at radius 1 is 1.50 bits per heavy atom. The van der Waals surface area contributed by atoms with Gasteiger partial charge in [0.1, 0.15) is 5.75 Å². The smallest absolute Gasteiger partial charge is 0.256 e. The summed E-state index contributed by atoms with van der Waals surface area (Å²) >= 11 is 5.83. The first-order valence-electron chi connectivity index (χ1n) is 4.76. The molecular weight excluding hydrogens is 236 g/mol. The Balaban J connectivity index is 2.90. The second-order valence-electron chi connectivity index (χ2n) is 3.95. The summed E-state index contributed by atoms with van der Waals surface area (Å²) in [5, 5.41) is 0.446. The van der Waals surface area contributed by atoms with Gasteiger partial charge in [0.25, 0.3) is 6.43 Å². The third-order valence-corrected chi connectivity index (χ3v) is 2.61.